The first kappa shape index (κ1) is 17.1. The number of rotatable bonds is 5. The van der Waals surface area contributed by atoms with Crippen LogP contribution in [0.4, 0.5) is 0 Å². The van der Waals surface area contributed by atoms with Crippen molar-refractivity contribution >= 4 is 20.0 Å². The fourth-order valence-electron chi connectivity index (χ4n) is 3.11. The van der Waals surface area contributed by atoms with E-state index in [4.69, 9.17) is 0 Å². The summed E-state index contributed by atoms with van der Waals surface area (Å²) in [5.41, 5.74) is -0.876. The zero-order valence-electron chi connectivity index (χ0n) is 12.6. The Bertz CT molecular complexity index is 567. The summed E-state index contributed by atoms with van der Waals surface area (Å²) in [5, 5.41) is 3.11. The zero-order valence-corrected chi connectivity index (χ0v) is 14.3. The molecule has 2 saturated heterocycles. The number of piperidine rings is 1. The highest BCUT2D eigenvalue weighted by Crippen LogP contribution is 2.25. The molecule has 1 atom stereocenters. The Kier molecular flexibility index (Phi) is 4.99. The summed E-state index contributed by atoms with van der Waals surface area (Å²) in [4.78, 5) is 0. The van der Waals surface area contributed by atoms with Crippen LogP contribution in [0, 0.1) is 5.92 Å². The third kappa shape index (κ3) is 4.38. The molecule has 2 fully saturated rings. The first-order valence-electron chi connectivity index (χ1n) is 7.30. The van der Waals surface area contributed by atoms with Gasteiger partial charge < -0.3 is 5.32 Å². The maximum atomic E-state index is 12.4. The van der Waals surface area contributed by atoms with E-state index in [1.165, 1.54) is 4.31 Å². The van der Waals surface area contributed by atoms with Gasteiger partial charge in [-0.2, -0.15) is 17.4 Å². The molecule has 0 aromatic carbocycles. The van der Waals surface area contributed by atoms with Crippen molar-refractivity contribution in [3.8, 4) is 0 Å². The van der Waals surface area contributed by atoms with Crippen LogP contribution >= 0.6 is 0 Å². The number of hydrogen-bond acceptors (Lipinski definition) is 5. The number of nitrogens with one attached hydrogen (secondary N) is 2. The van der Waals surface area contributed by atoms with Crippen molar-refractivity contribution in [3.05, 3.63) is 0 Å². The zero-order chi connectivity index (χ0) is 15.7. The summed E-state index contributed by atoms with van der Waals surface area (Å²) in [5.74, 6) is 0.440. The summed E-state index contributed by atoms with van der Waals surface area (Å²) < 4.78 is 52.0. The Labute approximate surface area is 127 Å². The molecule has 0 aromatic heterocycles. The van der Waals surface area contributed by atoms with E-state index in [-0.39, 0.29) is 11.5 Å². The van der Waals surface area contributed by atoms with Crippen LogP contribution in [-0.4, -0.2) is 64.9 Å². The second kappa shape index (κ2) is 6.11. The van der Waals surface area contributed by atoms with Gasteiger partial charge in [0.15, 0.2) is 9.84 Å². The van der Waals surface area contributed by atoms with Crippen molar-refractivity contribution in [1.29, 1.82) is 0 Å². The molecule has 21 heavy (non-hydrogen) atoms. The molecule has 124 valence electrons. The highest BCUT2D eigenvalue weighted by molar-refractivity contribution is 7.92. The summed E-state index contributed by atoms with van der Waals surface area (Å²) in [6.07, 6.45) is 2.00. The van der Waals surface area contributed by atoms with Gasteiger partial charge in [-0.15, -0.1) is 0 Å². The van der Waals surface area contributed by atoms with E-state index in [9.17, 15) is 16.8 Å². The first-order valence-corrected chi connectivity index (χ1v) is 10.6. The predicted molar refractivity (Wildman–Crippen MR) is 82.0 cm³/mol. The van der Waals surface area contributed by atoms with Crippen molar-refractivity contribution in [1.82, 2.24) is 14.3 Å². The average molecular weight is 339 g/mol. The minimum Gasteiger partial charge on any atom is -0.319 e. The summed E-state index contributed by atoms with van der Waals surface area (Å²) in [6, 6.07) is 0. The third-order valence-electron chi connectivity index (χ3n) is 4.28. The van der Waals surface area contributed by atoms with Gasteiger partial charge in [-0.05, 0) is 45.7 Å². The Morgan fingerprint density at radius 2 is 1.90 bits per heavy atom. The second-order valence-electron chi connectivity index (χ2n) is 6.41. The molecule has 1 unspecified atom stereocenters. The van der Waals surface area contributed by atoms with Crippen LogP contribution in [0.3, 0.4) is 0 Å². The van der Waals surface area contributed by atoms with E-state index < -0.39 is 25.6 Å². The summed E-state index contributed by atoms with van der Waals surface area (Å²) >= 11 is 0. The van der Waals surface area contributed by atoms with Gasteiger partial charge in [0, 0.05) is 18.6 Å². The number of sulfone groups is 1. The van der Waals surface area contributed by atoms with E-state index in [1.54, 1.807) is 6.92 Å². The maximum absolute atomic E-state index is 12.4. The van der Waals surface area contributed by atoms with Gasteiger partial charge in [-0.1, -0.05) is 0 Å². The van der Waals surface area contributed by atoms with Crippen molar-refractivity contribution in [2.24, 2.45) is 5.92 Å². The van der Waals surface area contributed by atoms with E-state index >= 15 is 0 Å². The standard InChI is InChI=1S/C12H25N3O4S2/c1-12(5-8-20(16,17)10-12)14-21(18,19)15-6-3-11(4-7-15)9-13-2/h11,13-14H,3-10H2,1-2H3. The predicted octanol–water partition coefficient (Wildman–Crippen LogP) is -0.671. The van der Waals surface area contributed by atoms with Crippen molar-refractivity contribution in [3.63, 3.8) is 0 Å². The molecule has 0 amide bonds. The molecule has 2 N–H and O–H groups in total. The van der Waals surface area contributed by atoms with Crippen LogP contribution in [0.25, 0.3) is 0 Å². The van der Waals surface area contributed by atoms with Gasteiger partial charge in [0.2, 0.25) is 0 Å². The Morgan fingerprint density at radius 3 is 2.38 bits per heavy atom. The normalized spacial score (nSPS) is 31.5. The molecule has 2 aliphatic heterocycles. The highest BCUT2D eigenvalue weighted by atomic mass is 32.2. The topological polar surface area (TPSA) is 95.6 Å². The second-order valence-corrected chi connectivity index (χ2v) is 10.3. The lowest BCUT2D eigenvalue weighted by Gasteiger charge is -2.34. The smallest absolute Gasteiger partial charge is 0.279 e. The molecule has 0 aliphatic carbocycles. The van der Waals surface area contributed by atoms with Crippen LogP contribution in [0.15, 0.2) is 0 Å². The molecule has 2 rings (SSSR count). The lowest BCUT2D eigenvalue weighted by Crippen LogP contribution is -2.54. The monoisotopic (exact) mass is 339 g/mol. The van der Waals surface area contributed by atoms with Gasteiger partial charge in [0.25, 0.3) is 10.2 Å². The average Bonchev–Trinajstić information content (AvgIpc) is 2.63. The number of nitrogens with zero attached hydrogens (tertiary/aromatic N) is 1. The molecule has 2 aliphatic rings. The van der Waals surface area contributed by atoms with Gasteiger partial charge in [-0.3, -0.25) is 0 Å². The summed E-state index contributed by atoms with van der Waals surface area (Å²) in [6.45, 7) is 3.55. The maximum Gasteiger partial charge on any atom is 0.279 e. The molecule has 0 spiro atoms. The van der Waals surface area contributed by atoms with Crippen LogP contribution in [0.5, 0.6) is 0 Å². The van der Waals surface area contributed by atoms with E-state index in [0.717, 1.165) is 19.4 Å². The molecular weight excluding hydrogens is 314 g/mol. The van der Waals surface area contributed by atoms with Crippen LogP contribution in [-0.2, 0) is 20.0 Å². The first-order chi connectivity index (χ1) is 9.66. The molecule has 7 nitrogen and oxygen atoms in total. The van der Waals surface area contributed by atoms with Gasteiger partial charge in [0.1, 0.15) is 0 Å². The van der Waals surface area contributed by atoms with Crippen LogP contribution in [0.1, 0.15) is 26.2 Å². The SMILES string of the molecule is CNCC1CCN(S(=O)(=O)NC2(C)CCS(=O)(=O)C2)CC1. The van der Waals surface area contributed by atoms with Crippen LogP contribution < -0.4 is 10.0 Å². The molecule has 9 heteroatoms. The van der Waals surface area contributed by atoms with E-state index in [2.05, 4.69) is 10.0 Å². The van der Waals surface area contributed by atoms with Gasteiger partial charge in [0.05, 0.1) is 11.5 Å². The lowest BCUT2D eigenvalue weighted by molar-refractivity contribution is 0.264. The third-order valence-corrected chi connectivity index (χ3v) is 7.98. The highest BCUT2D eigenvalue weighted by Gasteiger charge is 2.42. The number of hydrogen-bond donors (Lipinski definition) is 2. The van der Waals surface area contributed by atoms with Crippen molar-refractivity contribution in [2.45, 2.75) is 31.7 Å². The fraction of sp³-hybridized carbons (Fsp3) is 1.00. The molecule has 0 aromatic rings. The van der Waals surface area contributed by atoms with E-state index in [1.807, 2.05) is 7.05 Å². The Morgan fingerprint density at radius 1 is 1.29 bits per heavy atom. The largest absolute Gasteiger partial charge is 0.319 e. The van der Waals surface area contributed by atoms with Gasteiger partial charge >= 0.3 is 0 Å². The van der Waals surface area contributed by atoms with Gasteiger partial charge in [-0.25, -0.2) is 8.42 Å². The minimum atomic E-state index is -3.62. The quantitative estimate of drug-likeness (QED) is 0.693. The van der Waals surface area contributed by atoms with Crippen LogP contribution in [0.2, 0.25) is 0 Å². The van der Waals surface area contributed by atoms with Crippen molar-refractivity contribution < 1.29 is 16.8 Å². The molecule has 0 saturated carbocycles. The van der Waals surface area contributed by atoms with E-state index in [0.29, 0.717) is 25.4 Å². The Balaban J connectivity index is 1.97. The molecule has 0 radical (unpaired) electrons. The van der Waals surface area contributed by atoms with Crippen molar-refractivity contribution in [2.75, 3.05) is 38.2 Å². The minimum absolute atomic E-state index is 0.0518. The lowest BCUT2D eigenvalue weighted by atomic mass is 9.98. The fourth-order valence-corrected chi connectivity index (χ4v) is 6.91. The summed E-state index contributed by atoms with van der Waals surface area (Å²) in [7, 11) is -4.85. The molecule has 2 heterocycles. The molecule has 0 bridgehead atoms. The molecular formula is C12H25N3O4S2. The Hall–Kier alpha value is -0.220.